The number of nitrogens with zero attached hydrogens (tertiary/aromatic N) is 1. The average molecular weight is 182 g/mol. The molecule has 0 heterocycles. The SMILES string of the molecule is CC(=O)N(C)c1ccc(F)c(N)c1. The third kappa shape index (κ3) is 1.96. The van der Waals surface area contributed by atoms with Crippen LogP contribution >= 0.6 is 0 Å². The first-order valence-corrected chi connectivity index (χ1v) is 3.81. The number of halogens is 1. The summed E-state index contributed by atoms with van der Waals surface area (Å²) in [5, 5.41) is 0. The topological polar surface area (TPSA) is 46.3 Å². The Morgan fingerprint density at radius 2 is 2.15 bits per heavy atom. The Morgan fingerprint density at radius 1 is 1.54 bits per heavy atom. The summed E-state index contributed by atoms with van der Waals surface area (Å²) in [4.78, 5) is 12.3. The van der Waals surface area contributed by atoms with Crippen molar-refractivity contribution in [2.24, 2.45) is 0 Å². The Bertz CT molecular complexity index is 338. The van der Waals surface area contributed by atoms with Gasteiger partial charge in [0.2, 0.25) is 5.91 Å². The minimum atomic E-state index is -0.472. The van der Waals surface area contributed by atoms with Gasteiger partial charge >= 0.3 is 0 Å². The van der Waals surface area contributed by atoms with Gasteiger partial charge in [-0.3, -0.25) is 4.79 Å². The molecule has 0 spiro atoms. The van der Waals surface area contributed by atoms with E-state index in [1.165, 1.54) is 30.0 Å². The van der Waals surface area contributed by atoms with Crippen LogP contribution in [-0.2, 0) is 4.79 Å². The van der Waals surface area contributed by atoms with E-state index >= 15 is 0 Å². The molecule has 0 saturated carbocycles. The van der Waals surface area contributed by atoms with Crippen molar-refractivity contribution in [3.63, 3.8) is 0 Å². The monoisotopic (exact) mass is 182 g/mol. The van der Waals surface area contributed by atoms with Crippen molar-refractivity contribution in [1.82, 2.24) is 0 Å². The zero-order valence-electron chi connectivity index (χ0n) is 7.54. The van der Waals surface area contributed by atoms with Gasteiger partial charge < -0.3 is 10.6 Å². The van der Waals surface area contributed by atoms with Crippen LogP contribution in [0.4, 0.5) is 15.8 Å². The third-order valence-corrected chi connectivity index (χ3v) is 1.84. The molecule has 2 N–H and O–H groups in total. The van der Waals surface area contributed by atoms with E-state index in [1.54, 1.807) is 7.05 Å². The van der Waals surface area contributed by atoms with Gasteiger partial charge in [0.05, 0.1) is 5.69 Å². The summed E-state index contributed by atoms with van der Waals surface area (Å²) in [7, 11) is 1.61. The van der Waals surface area contributed by atoms with Gasteiger partial charge in [-0.25, -0.2) is 4.39 Å². The lowest BCUT2D eigenvalue weighted by atomic mass is 10.2. The minimum absolute atomic E-state index is 0.0469. The lowest BCUT2D eigenvalue weighted by Gasteiger charge is -2.15. The van der Waals surface area contributed by atoms with Crippen LogP contribution in [-0.4, -0.2) is 13.0 Å². The zero-order chi connectivity index (χ0) is 10.0. The van der Waals surface area contributed by atoms with E-state index < -0.39 is 5.82 Å². The second kappa shape index (κ2) is 3.43. The van der Waals surface area contributed by atoms with E-state index in [0.29, 0.717) is 5.69 Å². The fraction of sp³-hybridized carbons (Fsp3) is 0.222. The lowest BCUT2D eigenvalue weighted by molar-refractivity contribution is -0.116. The Kier molecular flexibility index (Phi) is 2.51. The zero-order valence-corrected chi connectivity index (χ0v) is 7.54. The molecule has 4 heteroatoms. The highest BCUT2D eigenvalue weighted by Crippen LogP contribution is 2.19. The van der Waals surface area contributed by atoms with Crippen LogP contribution in [0.15, 0.2) is 18.2 Å². The molecule has 0 aromatic heterocycles. The Hall–Kier alpha value is -1.58. The van der Waals surface area contributed by atoms with Crippen LogP contribution < -0.4 is 10.6 Å². The highest BCUT2D eigenvalue weighted by Gasteiger charge is 2.06. The van der Waals surface area contributed by atoms with Crippen molar-refractivity contribution in [1.29, 1.82) is 0 Å². The number of hydrogen-bond acceptors (Lipinski definition) is 2. The first kappa shape index (κ1) is 9.51. The fourth-order valence-electron chi connectivity index (χ4n) is 0.922. The fourth-order valence-corrected chi connectivity index (χ4v) is 0.922. The number of rotatable bonds is 1. The number of nitrogen functional groups attached to an aromatic ring is 1. The number of carbonyl (C=O) groups is 1. The highest BCUT2D eigenvalue weighted by molar-refractivity contribution is 5.91. The molecule has 0 aliphatic rings. The second-order valence-electron chi connectivity index (χ2n) is 2.78. The molecule has 70 valence electrons. The number of benzene rings is 1. The summed E-state index contributed by atoms with van der Waals surface area (Å²) in [5.41, 5.74) is 5.98. The molecule has 0 atom stereocenters. The predicted molar refractivity (Wildman–Crippen MR) is 49.9 cm³/mol. The highest BCUT2D eigenvalue weighted by atomic mass is 19.1. The van der Waals surface area contributed by atoms with E-state index in [1.807, 2.05) is 0 Å². The van der Waals surface area contributed by atoms with Crippen LogP contribution in [0.1, 0.15) is 6.92 Å². The normalized spacial score (nSPS) is 9.77. The molecule has 0 aliphatic heterocycles. The molecule has 0 fully saturated rings. The molecular weight excluding hydrogens is 171 g/mol. The number of anilines is 2. The smallest absolute Gasteiger partial charge is 0.223 e. The molecule has 0 bridgehead atoms. The predicted octanol–water partition coefficient (Wildman–Crippen LogP) is 1.39. The summed E-state index contributed by atoms with van der Waals surface area (Å²) in [6, 6.07) is 4.17. The van der Waals surface area contributed by atoms with Gasteiger partial charge in [0.25, 0.3) is 0 Å². The quantitative estimate of drug-likeness (QED) is 0.667. The van der Waals surface area contributed by atoms with Gasteiger partial charge in [-0.05, 0) is 18.2 Å². The van der Waals surface area contributed by atoms with Crippen molar-refractivity contribution < 1.29 is 9.18 Å². The summed E-state index contributed by atoms with van der Waals surface area (Å²) in [6.45, 7) is 1.43. The van der Waals surface area contributed by atoms with Crippen molar-refractivity contribution >= 4 is 17.3 Å². The van der Waals surface area contributed by atoms with E-state index in [9.17, 15) is 9.18 Å². The van der Waals surface area contributed by atoms with Gasteiger partial charge in [-0.1, -0.05) is 0 Å². The van der Waals surface area contributed by atoms with Crippen molar-refractivity contribution in [2.75, 3.05) is 17.7 Å². The number of hydrogen-bond donors (Lipinski definition) is 1. The maximum absolute atomic E-state index is 12.7. The molecule has 0 aliphatic carbocycles. The van der Waals surface area contributed by atoms with E-state index in [2.05, 4.69) is 0 Å². The largest absolute Gasteiger partial charge is 0.396 e. The van der Waals surface area contributed by atoms with E-state index in [4.69, 9.17) is 5.73 Å². The molecule has 3 nitrogen and oxygen atoms in total. The maximum Gasteiger partial charge on any atom is 0.223 e. The van der Waals surface area contributed by atoms with Gasteiger partial charge in [0.1, 0.15) is 5.82 Å². The third-order valence-electron chi connectivity index (χ3n) is 1.84. The number of nitrogens with two attached hydrogens (primary N) is 1. The standard InChI is InChI=1S/C9H11FN2O/c1-6(13)12(2)7-3-4-8(10)9(11)5-7/h3-5H,11H2,1-2H3. The second-order valence-corrected chi connectivity index (χ2v) is 2.78. The van der Waals surface area contributed by atoms with E-state index in [-0.39, 0.29) is 11.6 Å². The first-order chi connectivity index (χ1) is 6.02. The Morgan fingerprint density at radius 3 is 2.62 bits per heavy atom. The molecule has 13 heavy (non-hydrogen) atoms. The molecule has 1 aromatic carbocycles. The molecule has 1 amide bonds. The lowest BCUT2D eigenvalue weighted by Crippen LogP contribution is -2.22. The summed E-state index contributed by atoms with van der Waals surface area (Å²) >= 11 is 0. The maximum atomic E-state index is 12.7. The minimum Gasteiger partial charge on any atom is -0.396 e. The Balaban J connectivity index is 3.03. The molecule has 0 radical (unpaired) electrons. The molecule has 0 saturated heterocycles. The summed E-state index contributed by atoms with van der Waals surface area (Å²) in [6.07, 6.45) is 0. The average Bonchev–Trinajstić information content (AvgIpc) is 2.08. The van der Waals surface area contributed by atoms with Crippen molar-refractivity contribution in [3.8, 4) is 0 Å². The van der Waals surface area contributed by atoms with Crippen LogP contribution in [0.25, 0.3) is 0 Å². The summed E-state index contributed by atoms with van der Waals surface area (Å²) in [5.74, 6) is -0.591. The first-order valence-electron chi connectivity index (χ1n) is 3.81. The van der Waals surface area contributed by atoms with Crippen LogP contribution in [0.3, 0.4) is 0 Å². The molecule has 0 unspecified atom stereocenters. The van der Waals surface area contributed by atoms with Crippen LogP contribution in [0.5, 0.6) is 0 Å². The number of carbonyl (C=O) groups excluding carboxylic acids is 1. The van der Waals surface area contributed by atoms with Crippen molar-refractivity contribution in [2.45, 2.75) is 6.92 Å². The molecule has 1 aromatic rings. The molecule has 1 rings (SSSR count). The van der Waals surface area contributed by atoms with Gasteiger partial charge in [0.15, 0.2) is 0 Å². The Labute approximate surface area is 76.0 Å². The van der Waals surface area contributed by atoms with Gasteiger partial charge in [-0.15, -0.1) is 0 Å². The van der Waals surface area contributed by atoms with Gasteiger partial charge in [0, 0.05) is 19.7 Å². The molecular formula is C9H11FN2O. The number of amides is 1. The van der Waals surface area contributed by atoms with Gasteiger partial charge in [-0.2, -0.15) is 0 Å². The summed E-state index contributed by atoms with van der Waals surface area (Å²) < 4.78 is 12.7. The van der Waals surface area contributed by atoms with Crippen molar-refractivity contribution in [3.05, 3.63) is 24.0 Å². The van der Waals surface area contributed by atoms with Crippen LogP contribution in [0, 0.1) is 5.82 Å². The van der Waals surface area contributed by atoms with Crippen LogP contribution in [0.2, 0.25) is 0 Å². The van der Waals surface area contributed by atoms with E-state index in [0.717, 1.165) is 0 Å².